The zero-order chi connectivity index (χ0) is 15.7. The van der Waals surface area contributed by atoms with Crippen LogP contribution in [0.15, 0.2) is 4.99 Å². The Bertz CT molecular complexity index is 359. The van der Waals surface area contributed by atoms with Crippen molar-refractivity contribution in [1.29, 1.82) is 0 Å². The molecule has 0 aliphatic rings. The summed E-state index contributed by atoms with van der Waals surface area (Å²) in [5.74, 6) is -1.37. The number of hydrogen-bond acceptors (Lipinski definition) is 4. The van der Waals surface area contributed by atoms with Gasteiger partial charge >= 0.3 is 5.97 Å². The average Bonchev–Trinajstić information content (AvgIpc) is 2.32. The molecule has 2 unspecified atom stereocenters. The van der Waals surface area contributed by atoms with Crippen LogP contribution in [0.5, 0.6) is 0 Å². The highest BCUT2D eigenvalue weighted by molar-refractivity contribution is 5.86. The monoisotopic (exact) mass is 323 g/mol. The van der Waals surface area contributed by atoms with Crippen LogP contribution in [0.2, 0.25) is 0 Å². The lowest BCUT2D eigenvalue weighted by atomic mass is 10.0. The molecule has 0 fully saturated rings. The Balaban J connectivity index is 0. The third-order valence-corrected chi connectivity index (χ3v) is 2.63. The van der Waals surface area contributed by atoms with Crippen molar-refractivity contribution in [3.63, 3.8) is 0 Å². The van der Waals surface area contributed by atoms with E-state index < -0.39 is 24.0 Å². The molecule has 0 spiro atoms. The van der Waals surface area contributed by atoms with E-state index in [1.165, 1.54) is 0 Å². The van der Waals surface area contributed by atoms with Crippen molar-refractivity contribution in [3.8, 4) is 0 Å². The number of halogens is 1. The minimum Gasteiger partial charge on any atom is -0.480 e. The number of nitrogens with two attached hydrogens (primary N) is 3. The molecular weight excluding hydrogens is 298 g/mol. The number of nitrogens with one attached hydrogen (secondary N) is 1. The fraction of sp³-hybridized carbons (Fsp3) is 0.750. The first-order valence-corrected chi connectivity index (χ1v) is 6.58. The van der Waals surface area contributed by atoms with Gasteiger partial charge in [0.25, 0.3) is 0 Å². The SMILES string of the molecule is CC(C)CC(NC(=O)C(N)CCCN=C(N)N)C(=O)O.Cl. The molecule has 21 heavy (non-hydrogen) atoms. The summed E-state index contributed by atoms with van der Waals surface area (Å²) in [6, 6.07) is -1.68. The summed E-state index contributed by atoms with van der Waals surface area (Å²) in [7, 11) is 0. The molecule has 1 amide bonds. The van der Waals surface area contributed by atoms with Gasteiger partial charge in [0.15, 0.2) is 5.96 Å². The summed E-state index contributed by atoms with van der Waals surface area (Å²) < 4.78 is 0. The molecule has 0 rings (SSSR count). The van der Waals surface area contributed by atoms with Gasteiger partial charge in [0.2, 0.25) is 5.91 Å². The molecule has 2 atom stereocenters. The van der Waals surface area contributed by atoms with E-state index in [1.807, 2.05) is 13.8 Å². The van der Waals surface area contributed by atoms with Gasteiger partial charge in [0.1, 0.15) is 6.04 Å². The van der Waals surface area contributed by atoms with Crippen LogP contribution >= 0.6 is 12.4 Å². The third-order valence-electron chi connectivity index (χ3n) is 2.63. The van der Waals surface area contributed by atoms with E-state index in [0.717, 1.165) is 0 Å². The number of carboxylic acid groups (broad SMARTS) is 1. The smallest absolute Gasteiger partial charge is 0.326 e. The van der Waals surface area contributed by atoms with E-state index in [9.17, 15) is 9.59 Å². The summed E-state index contributed by atoms with van der Waals surface area (Å²) in [4.78, 5) is 26.6. The first kappa shape index (κ1) is 21.8. The van der Waals surface area contributed by atoms with Crippen LogP contribution in [0.25, 0.3) is 0 Å². The van der Waals surface area contributed by atoms with Crippen LogP contribution < -0.4 is 22.5 Å². The van der Waals surface area contributed by atoms with Gasteiger partial charge in [0.05, 0.1) is 6.04 Å². The number of rotatable bonds is 9. The number of aliphatic carboxylic acids is 1. The van der Waals surface area contributed by atoms with Crippen molar-refractivity contribution in [2.24, 2.45) is 28.1 Å². The van der Waals surface area contributed by atoms with Crippen LogP contribution in [-0.4, -0.2) is 41.6 Å². The van der Waals surface area contributed by atoms with Gasteiger partial charge in [-0.3, -0.25) is 9.79 Å². The minimum atomic E-state index is -1.06. The van der Waals surface area contributed by atoms with Gasteiger partial charge in [0, 0.05) is 6.54 Å². The van der Waals surface area contributed by atoms with Crippen LogP contribution in [0.3, 0.4) is 0 Å². The summed E-state index contributed by atoms with van der Waals surface area (Å²) in [5.41, 5.74) is 16.0. The molecular formula is C12H26ClN5O3. The van der Waals surface area contributed by atoms with Crippen molar-refractivity contribution in [2.45, 2.75) is 45.2 Å². The standard InChI is InChI=1S/C12H25N5O3.ClH/c1-7(2)6-9(11(19)20)17-10(18)8(13)4-3-5-16-12(14)15;/h7-9H,3-6,13H2,1-2H3,(H,17,18)(H,19,20)(H4,14,15,16);1H. The second-order valence-electron chi connectivity index (χ2n) is 5.08. The van der Waals surface area contributed by atoms with Crippen molar-refractivity contribution >= 4 is 30.2 Å². The molecule has 0 aromatic heterocycles. The highest BCUT2D eigenvalue weighted by Gasteiger charge is 2.23. The normalized spacial score (nSPS) is 13.0. The van der Waals surface area contributed by atoms with E-state index in [-0.39, 0.29) is 24.3 Å². The van der Waals surface area contributed by atoms with E-state index in [1.54, 1.807) is 0 Å². The quantitative estimate of drug-likeness (QED) is 0.217. The molecule has 8 N–H and O–H groups in total. The minimum absolute atomic E-state index is 0. The highest BCUT2D eigenvalue weighted by atomic mass is 35.5. The molecule has 0 saturated carbocycles. The predicted molar refractivity (Wildman–Crippen MR) is 84.2 cm³/mol. The summed E-state index contributed by atoms with van der Waals surface area (Å²) in [6.07, 6.45) is 1.30. The largest absolute Gasteiger partial charge is 0.480 e. The molecule has 0 aromatic carbocycles. The fourth-order valence-corrected chi connectivity index (χ4v) is 1.62. The first-order valence-electron chi connectivity index (χ1n) is 6.58. The van der Waals surface area contributed by atoms with E-state index in [0.29, 0.717) is 25.8 Å². The van der Waals surface area contributed by atoms with Gasteiger partial charge in [-0.25, -0.2) is 4.79 Å². The molecule has 0 heterocycles. The lowest BCUT2D eigenvalue weighted by Gasteiger charge is -2.19. The summed E-state index contributed by atoms with van der Waals surface area (Å²) in [5, 5.41) is 11.5. The average molecular weight is 324 g/mol. The van der Waals surface area contributed by atoms with Gasteiger partial charge in [-0.1, -0.05) is 13.8 Å². The number of aliphatic imine (C=N–C) groups is 1. The maximum absolute atomic E-state index is 11.8. The van der Waals surface area contributed by atoms with Crippen molar-refractivity contribution < 1.29 is 14.7 Å². The number of carboxylic acids is 1. The van der Waals surface area contributed by atoms with Gasteiger partial charge in [-0.15, -0.1) is 12.4 Å². The van der Waals surface area contributed by atoms with Crippen LogP contribution in [0, 0.1) is 5.92 Å². The molecule has 0 aromatic rings. The molecule has 0 radical (unpaired) electrons. The maximum Gasteiger partial charge on any atom is 0.326 e. The van der Waals surface area contributed by atoms with Gasteiger partial charge in [-0.05, 0) is 25.2 Å². The Morgan fingerprint density at radius 2 is 1.86 bits per heavy atom. The molecule has 0 saturated heterocycles. The Morgan fingerprint density at radius 3 is 2.29 bits per heavy atom. The topological polar surface area (TPSA) is 157 Å². The Labute approximate surface area is 130 Å². The fourth-order valence-electron chi connectivity index (χ4n) is 1.62. The van der Waals surface area contributed by atoms with Gasteiger partial charge < -0.3 is 27.6 Å². The molecule has 8 nitrogen and oxygen atoms in total. The number of nitrogens with zero attached hydrogens (tertiary/aromatic N) is 1. The van der Waals surface area contributed by atoms with Crippen LogP contribution in [-0.2, 0) is 9.59 Å². The summed E-state index contributed by atoms with van der Waals surface area (Å²) in [6.45, 7) is 4.16. The predicted octanol–water partition coefficient (Wildman–Crippen LogP) is -0.595. The lowest BCUT2D eigenvalue weighted by Crippen LogP contribution is -2.48. The second-order valence-corrected chi connectivity index (χ2v) is 5.08. The molecule has 0 aliphatic heterocycles. The number of carbonyl (C=O) groups is 2. The molecule has 124 valence electrons. The molecule has 0 aliphatic carbocycles. The Hall–Kier alpha value is -1.54. The first-order chi connectivity index (χ1) is 9.23. The number of carbonyl (C=O) groups excluding carboxylic acids is 1. The van der Waals surface area contributed by atoms with Crippen molar-refractivity contribution in [1.82, 2.24) is 5.32 Å². The maximum atomic E-state index is 11.8. The van der Waals surface area contributed by atoms with Crippen LogP contribution in [0.4, 0.5) is 0 Å². The van der Waals surface area contributed by atoms with Crippen molar-refractivity contribution in [2.75, 3.05) is 6.54 Å². The number of hydrogen-bond donors (Lipinski definition) is 5. The van der Waals surface area contributed by atoms with E-state index >= 15 is 0 Å². The second kappa shape index (κ2) is 11.2. The van der Waals surface area contributed by atoms with Gasteiger partial charge in [-0.2, -0.15) is 0 Å². The molecule has 9 heteroatoms. The Kier molecular flexibility index (Phi) is 11.6. The van der Waals surface area contributed by atoms with E-state index in [2.05, 4.69) is 10.3 Å². The zero-order valence-electron chi connectivity index (χ0n) is 12.4. The third kappa shape index (κ3) is 10.9. The lowest BCUT2D eigenvalue weighted by molar-refractivity contribution is -0.142. The van der Waals surface area contributed by atoms with E-state index in [4.69, 9.17) is 22.3 Å². The van der Waals surface area contributed by atoms with Crippen molar-refractivity contribution in [3.05, 3.63) is 0 Å². The van der Waals surface area contributed by atoms with Crippen LogP contribution in [0.1, 0.15) is 33.1 Å². The zero-order valence-corrected chi connectivity index (χ0v) is 13.2. The highest BCUT2D eigenvalue weighted by Crippen LogP contribution is 2.06. The summed E-state index contributed by atoms with van der Waals surface area (Å²) >= 11 is 0. The number of guanidine groups is 1. The Morgan fingerprint density at radius 1 is 1.29 bits per heavy atom. The molecule has 0 bridgehead atoms. The number of amides is 1.